The lowest BCUT2D eigenvalue weighted by atomic mass is 9.85. The molecule has 10 heteroatoms. The molecule has 1 heterocycles. The highest BCUT2D eigenvalue weighted by molar-refractivity contribution is 6.21. The third-order valence-electron chi connectivity index (χ3n) is 7.76. The molecule has 3 atom stereocenters. The van der Waals surface area contributed by atoms with Gasteiger partial charge in [-0.25, -0.2) is 0 Å². The number of nitrogens with zero attached hydrogens (tertiary/aromatic N) is 1. The van der Waals surface area contributed by atoms with Gasteiger partial charge < -0.3 is 15.4 Å². The molecule has 3 N–H and O–H groups in total. The highest BCUT2D eigenvalue weighted by Crippen LogP contribution is 2.30. The average molecular weight is 635 g/mol. The molecule has 4 amide bonds. The summed E-state index contributed by atoms with van der Waals surface area (Å²) >= 11 is 0. The number of hydrogen-bond acceptors (Lipinski definition) is 7. The summed E-state index contributed by atoms with van der Waals surface area (Å²) in [6.07, 6.45) is 0.670. The first-order chi connectivity index (χ1) is 21.4. The molecule has 3 rings (SSSR count). The first-order valence-electron chi connectivity index (χ1n) is 16.0. The molecule has 250 valence electrons. The highest BCUT2D eigenvalue weighted by Gasteiger charge is 2.38. The lowest BCUT2D eigenvalue weighted by Crippen LogP contribution is -2.57. The Morgan fingerprint density at radius 1 is 0.826 bits per heavy atom. The Labute approximate surface area is 273 Å². The van der Waals surface area contributed by atoms with Gasteiger partial charge in [-0.05, 0) is 68.2 Å². The number of benzene rings is 2. The van der Waals surface area contributed by atoms with Crippen LogP contribution in [-0.4, -0.2) is 71.8 Å². The van der Waals surface area contributed by atoms with E-state index in [0.29, 0.717) is 17.5 Å². The molecule has 0 saturated carbocycles. The Balaban J connectivity index is 1.84. The standard InChI is InChI=1S/C36H50N4O6/c1-22(2)19-28(31(42)39-29(30(41)37-9)20-23-13-11-10-12-14-23)38-27(34(45)46-36(6,7)8)17-18-40-32(43)25-16-15-24(35(3,4)5)21-26(25)33(40)44/h10-16,21-22,27-29,38H,17-20H2,1-9H3,(H,37,41)(H,39,42)/t27-,28+,29+/m1/s1. The zero-order chi connectivity index (χ0) is 34.4. The van der Waals surface area contributed by atoms with Crippen LogP contribution in [0.15, 0.2) is 48.5 Å². The van der Waals surface area contributed by atoms with Crippen LogP contribution in [0.4, 0.5) is 0 Å². The number of esters is 1. The lowest BCUT2D eigenvalue weighted by molar-refractivity contribution is -0.158. The maximum atomic E-state index is 13.7. The van der Waals surface area contributed by atoms with Crippen molar-refractivity contribution in [1.29, 1.82) is 0 Å². The molecular weight excluding hydrogens is 584 g/mol. The number of nitrogens with one attached hydrogen (secondary N) is 3. The summed E-state index contributed by atoms with van der Waals surface area (Å²) in [5.74, 6) is -2.17. The minimum Gasteiger partial charge on any atom is -0.459 e. The molecule has 2 aromatic carbocycles. The molecule has 0 radical (unpaired) electrons. The van der Waals surface area contributed by atoms with Gasteiger partial charge in [0.25, 0.3) is 11.8 Å². The van der Waals surface area contributed by atoms with Crippen molar-refractivity contribution in [3.63, 3.8) is 0 Å². The molecule has 46 heavy (non-hydrogen) atoms. The van der Waals surface area contributed by atoms with E-state index in [9.17, 15) is 24.0 Å². The second kappa shape index (κ2) is 15.0. The minimum atomic E-state index is -1.02. The largest absolute Gasteiger partial charge is 0.459 e. The number of rotatable bonds is 13. The molecular formula is C36H50N4O6. The van der Waals surface area contributed by atoms with Gasteiger partial charge in [0.1, 0.15) is 17.7 Å². The van der Waals surface area contributed by atoms with E-state index in [0.717, 1.165) is 16.0 Å². The SMILES string of the molecule is CNC(=O)[C@H](Cc1ccccc1)NC(=O)[C@H](CC(C)C)N[C@H](CCN1C(=O)c2ccc(C(C)(C)C)cc2C1=O)C(=O)OC(C)(C)C. The lowest BCUT2D eigenvalue weighted by Gasteiger charge is -2.30. The zero-order valence-corrected chi connectivity index (χ0v) is 28.7. The number of ether oxygens (including phenoxy) is 1. The van der Waals surface area contributed by atoms with Crippen molar-refractivity contribution in [2.24, 2.45) is 5.92 Å². The van der Waals surface area contributed by atoms with Crippen molar-refractivity contribution < 1.29 is 28.7 Å². The van der Waals surface area contributed by atoms with Crippen LogP contribution in [0.2, 0.25) is 0 Å². The fourth-order valence-electron chi connectivity index (χ4n) is 5.33. The molecule has 1 aliphatic rings. The van der Waals surface area contributed by atoms with Gasteiger partial charge in [0, 0.05) is 20.0 Å². The topological polar surface area (TPSA) is 134 Å². The fraction of sp³-hybridized carbons (Fsp3) is 0.528. The Kier molecular flexibility index (Phi) is 11.9. The Bertz CT molecular complexity index is 1420. The van der Waals surface area contributed by atoms with Crippen LogP contribution in [0.1, 0.15) is 100 Å². The van der Waals surface area contributed by atoms with E-state index in [1.165, 1.54) is 7.05 Å². The molecule has 10 nitrogen and oxygen atoms in total. The highest BCUT2D eigenvalue weighted by atomic mass is 16.6. The van der Waals surface area contributed by atoms with Gasteiger partial charge in [-0.1, -0.05) is 71.0 Å². The number of carbonyl (C=O) groups is 5. The number of hydrogen-bond donors (Lipinski definition) is 3. The van der Waals surface area contributed by atoms with Gasteiger partial charge in [0.05, 0.1) is 17.2 Å². The number of fused-ring (bicyclic) bond motifs is 1. The van der Waals surface area contributed by atoms with E-state index in [2.05, 4.69) is 16.0 Å². The average Bonchev–Trinajstić information content (AvgIpc) is 3.20. The molecule has 0 aliphatic carbocycles. The summed E-state index contributed by atoms with van der Waals surface area (Å²) < 4.78 is 5.70. The summed E-state index contributed by atoms with van der Waals surface area (Å²) in [6, 6.07) is 12.0. The van der Waals surface area contributed by atoms with Crippen LogP contribution >= 0.6 is 0 Å². The molecule has 0 fully saturated rings. The van der Waals surface area contributed by atoms with E-state index in [1.54, 1.807) is 32.9 Å². The van der Waals surface area contributed by atoms with Crippen molar-refractivity contribution in [3.8, 4) is 0 Å². The Morgan fingerprint density at radius 3 is 2.02 bits per heavy atom. The van der Waals surface area contributed by atoms with Crippen LogP contribution < -0.4 is 16.0 Å². The summed E-state index contributed by atoms with van der Waals surface area (Å²) in [7, 11) is 1.51. The maximum absolute atomic E-state index is 13.7. The van der Waals surface area contributed by atoms with Crippen LogP contribution in [0.5, 0.6) is 0 Å². The summed E-state index contributed by atoms with van der Waals surface area (Å²) in [5.41, 5.74) is 1.47. The Morgan fingerprint density at radius 2 is 1.46 bits per heavy atom. The zero-order valence-electron chi connectivity index (χ0n) is 28.7. The van der Waals surface area contributed by atoms with Crippen molar-refractivity contribution in [1.82, 2.24) is 20.9 Å². The van der Waals surface area contributed by atoms with Crippen LogP contribution in [0, 0.1) is 5.92 Å². The second-order valence-electron chi connectivity index (χ2n) is 14.4. The van der Waals surface area contributed by atoms with E-state index < -0.39 is 47.4 Å². The fourth-order valence-corrected chi connectivity index (χ4v) is 5.33. The quantitative estimate of drug-likeness (QED) is 0.223. The van der Waals surface area contributed by atoms with Gasteiger partial charge >= 0.3 is 5.97 Å². The van der Waals surface area contributed by atoms with Crippen molar-refractivity contribution in [2.75, 3.05) is 13.6 Å². The molecule has 0 bridgehead atoms. The van der Waals surface area contributed by atoms with E-state index >= 15 is 0 Å². The predicted octanol–water partition coefficient (Wildman–Crippen LogP) is 4.16. The Hall–Kier alpha value is -4.05. The summed E-state index contributed by atoms with van der Waals surface area (Å²) in [5, 5.41) is 8.66. The number of likely N-dealkylation sites (N-methyl/N-ethyl adjacent to an activating group) is 1. The van der Waals surface area contributed by atoms with Crippen LogP contribution in [0.25, 0.3) is 0 Å². The first kappa shape index (κ1) is 36.4. The smallest absolute Gasteiger partial charge is 0.323 e. The predicted molar refractivity (Wildman–Crippen MR) is 177 cm³/mol. The van der Waals surface area contributed by atoms with Gasteiger partial charge in [0.2, 0.25) is 11.8 Å². The number of imide groups is 1. The molecule has 0 unspecified atom stereocenters. The van der Waals surface area contributed by atoms with Gasteiger partial charge in [-0.15, -0.1) is 0 Å². The van der Waals surface area contributed by atoms with Crippen molar-refractivity contribution >= 4 is 29.6 Å². The third-order valence-corrected chi connectivity index (χ3v) is 7.76. The van der Waals surface area contributed by atoms with Gasteiger partial charge in [0.15, 0.2) is 0 Å². The number of carbonyl (C=O) groups excluding carboxylic acids is 5. The molecule has 2 aromatic rings. The molecule has 0 aromatic heterocycles. The normalized spacial score (nSPS) is 15.3. The third kappa shape index (κ3) is 9.72. The van der Waals surface area contributed by atoms with Crippen LogP contribution in [0.3, 0.4) is 0 Å². The first-order valence-corrected chi connectivity index (χ1v) is 16.0. The second-order valence-corrected chi connectivity index (χ2v) is 14.4. The van der Waals surface area contributed by atoms with Crippen LogP contribution in [-0.2, 0) is 31.0 Å². The van der Waals surface area contributed by atoms with Gasteiger partial charge in [-0.2, -0.15) is 0 Å². The van der Waals surface area contributed by atoms with E-state index in [1.807, 2.05) is 71.0 Å². The number of amides is 4. The van der Waals surface area contributed by atoms with Gasteiger partial charge in [-0.3, -0.25) is 34.2 Å². The molecule has 0 saturated heterocycles. The van der Waals surface area contributed by atoms with E-state index in [4.69, 9.17) is 4.74 Å². The van der Waals surface area contributed by atoms with Crippen molar-refractivity contribution in [3.05, 3.63) is 70.8 Å². The molecule has 0 spiro atoms. The molecule has 1 aliphatic heterocycles. The summed E-state index contributed by atoms with van der Waals surface area (Å²) in [4.78, 5) is 67.8. The van der Waals surface area contributed by atoms with E-state index in [-0.39, 0.29) is 36.6 Å². The van der Waals surface area contributed by atoms with Crippen molar-refractivity contribution in [2.45, 2.75) is 104 Å². The monoisotopic (exact) mass is 634 g/mol. The summed E-state index contributed by atoms with van der Waals surface area (Å²) in [6.45, 7) is 15.2. The minimum absolute atomic E-state index is 0.0251. The maximum Gasteiger partial charge on any atom is 0.323 e.